The van der Waals surface area contributed by atoms with Crippen molar-refractivity contribution >= 4 is 49.1 Å². The average Bonchev–Trinajstić information content (AvgIpc) is 2.67. The molecule has 0 spiro atoms. The molecule has 0 saturated carbocycles. The van der Waals surface area contributed by atoms with E-state index in [2.05, 4.69) is 42.5 Å². The first-order chi connectivity index (χ1) is 8.16. The normalized spacial score (nSPS) is 17.1. The van der Waals surface area contributed by atoms with E-state index >= 15 is 0 Å². The standard InChI is InChI=1S/C11H14Br2N2OS/c12-9-5-8(10(13)17-9)11(16)15-6-7-1-3-14-4-2-7/h5,7,14H,1-4,6H2,(H,15,16). The summed E-state index contributed by atoms with van der Waals surface area (Å²) in [5.74, 6) is 0.624. The van der Waals surface area contributed by atoms with Gasteiger partial charge in [-0.3, -0.25) is 4.79 Å². The Balaban J connectivity index is 1.86. The second-order valence-corrected chi connectivity index (χ2v) is 7.89. The Labute approximate surface area is 122 Å². The highest BCUT2D eigenvalue weighted by molar-refractivity contribution is 9.12. The molecule has 1 aromatic rings. The number of amides is 1. The first-order valence-electron chi connectivity index (χ1n) is 5.60. The van der Waals surface area contributed by atoms with E-state index in [4.69, 9.17) is 0 Å². The third-order valence-corrected chi connectivity index (χ3v) is 5.25. The molecule has 1 aromatic heterocycles. The predicted octanol–water partition coefficient (Wildman–Crippen LogP) is 3.00. The lowest BCUT2D eigenvalue weighted by Crippen LogP contribution is -2.35. The summed E-state index contributed by atoms with van der Waals surface area (Å²) in [7, 11) is 0. The molecule has 17 heavy (non-hydrogen) atoms. The van der Waals surface area contributed by atoms with Gasteiger partial charge in [0.2, 0.25) is 0 Å². The Kier molecular flexibility index (Phi) is 5.02. The SMILES string of the molecule is O=C(NCC1CCNCC1)c1cc(Br)sc1Br. The highest BCUT2D eigenvalue weighted by atomic mass is 79.9. The summed E-state index contributed by atoms with van der Waals surface area (Å²) in [6.45, 7) is 2.91. The van der Waals surface area contributed by atoms with Gasteiger partial charge in [-0.15, -0.1) is 11.3 Å². The minimum Gasteiger partial charge on any atom is -0.352 e. The number of carbonyl (C=O) groups is 1. The van der Waals surface area contributed by atoms with Gasteiger partial charge in [0.1, 0.15) is 0 Å². The quantitative estimate of drug-likeness (QED) is 0.844. The molecule has 3 nitrogen and oxygen atoms in total. The lowest BCUT2D eigenvalue weighted by molar-refractivity contribution is 0.0944. The first-order valence-corrected chi connectivity index (χ1v) is 8.01. The monoisotopic (exact) mass is 380 g/mol. The molecular formula is C11H14Br2N2OS. The molecule has 2 N–H and O–H groups in total. The smallest absolute Gasteiger partial charge is 0.253 e. The van der Waals surface area contributed by atoms with Gasteiger partial charge in [-0.1, -0.05) is 0 Å². The number of rotatable bonds is 3. The van der Waals surface area contributed by atoms with E-state index in [1.807, 2.05) is 6.07 Å². The van der Waals surface area contributed by atoms with Crippen molar-refractivity contribution in [1.82, 2.24) is 10.6 Å². The van der Waals surface area contributed by atoms with E-state index in [0.29, 0.717) is 5.92 Å². The lowest BCUT2D eigenvalue weighted by atomic mass is 9.98. The molecule has 1 fully saturated rings. The third-order valence-electron chi connectivity index (χ3n) is 2.91. The van der Waals surface area contributed by atoms with Crippen LogP contribution in [-0.4, -0.2) is 25.5 Å². The molecule has 2 rings (SSSR count). The van der Waals surface area contributed by atoms with Gasteiger partial charge in [-0.25, -0.2) is 0 Å². The highest BCUT2D eigenvalue weighted by Crippen LogP contribution is 2.31. The minimum atomic E-state index is 0.0114. The van der Waals surface area contributed by atoms with Crippen LogP contribution in [0.4, 0.5) is 0 Å². The summed E-state index contributed by atoms with van der Waals surface area (Å²) in [5.41, 5.74) is 0.718. The Morgan fingerprint density at radius 2 is 2.18 bits per heavy atom. The summed E-state index contributed by atoms with van der Waals surface area (Å²) in [6, 6.07) is 1.85. The number of hydrogen-bond acceptors (Lipinski definition) is 3. The fourth-order valence-corrected chi connectivity index (χ4v) is 4.71. The van der Waals surface area contributed by atoms with Gasteiger partial charge in [0.05, 0.1) is 13.1 Å². The van der Waals surface area contributed by atoms with Gasteiger partial charge >= 0.3 is 0 Å². The van der Waals surface area contributed by atoms with Gasteiger partial charge in [0.25, 0.3) is 5.91 Å². The first kappa shape index (κ1) is 13.5. The topological polar surface area (TPSA) is 41.1 Å². The Morgan fingerprint density at radius 3 is 2.76 bits per heavy atom. The van der Waals surface area contributed by atoms with E-state index in [-0.39, 0.29) is 5.91 Å². The summed E-state index contributed by atoms with van der Waals surface area (Å²) < 4.78 is 1.85. The zero-order valence-corrected chi connectivity index (χ0v) is 13.3. The molecular weight excluding hydrogens is 368 g/mol. The Hall–Kier alpha value is 0.0900. The molecule has 0 bridgehead atoms. The summed E-state index contributed by atoms with van der Waals surface area (Å²) in [4.78, 5) is 12.0. The van der Waals surface area contributed by atoms with Crippen molar-refractivity contribution in [2.75, 3.05) is 19.6 Å². The molecule has 0 aliphatic carbocycles. The summed E-state index contributed by atoms with van der Waals surface area (Å²) in [6.07, 6.45) is 2.30. The molecule has 94 valence electrons. The van der Waals surface area contributed by atoms with Crippen molar-refractivity contribution < 1.29 is 4.79 Å². The van der Waals surface area contributed by atoms with Gasteiger partial charge in [-0.2, -0.15) is 0 Å². The fraction of sp³-hybridized carbons (Fsp3) is 0.545. The second kappa shape index (κ2) is 6.31. The van der Waals surface area contributed by atoms with Crippen LogP contribution < -0.4 is 10.6 Å². The van der Waals surface area contributed by atoms with Crippen molar-refractivity contribution in [1.29, 1.82) is 0 Å². The number of thiophene rings is 1. The van der Waals surface area contributed by atoms with E-state index in [0.717, 1.165) is 45.6 Å². The Morgan fingerprint density at radius 1 is 1.47 bits per heavy atom. The molecule has 6 heteroatoms. The second-order valence-electron chi connectivity index (χ2n) is 4.14. The van der Waals surface area contributed by atoms with E-state index in [9.17, 15) is 4.79 Å². The molecule has 0 unspecified atom stereocenters. The lowest BCUT2D eigenvalue weighted by Gasteiger charge is -2.22. The molecule has 0 aromatic carbocycles. The van der Waals surface area contributed by atoms with Crippen molar-refractivity contribution in [3.8, 4) is 0 Å². The van der Waals surface area contributed by atoms with Crippen LogP contribution in [0.15, 0.2) is 13.6 Å². The van der Waals surface area contributed by atoms with E-state index < -0.39 is 0 Å². The molecule has 1 aliphatic heterocycles. The molecule has 0 atom stereocenters. The van der Waals surface area contributed by atoms with E-state index in [1.165, 1.54) is 11.3 Å². The fourth-order valence-electron chi connectivity index (χ4n) is 1.91. The molecule has 0 radical (unpaired) electrons. The van der Waals surface area contributed by atoms with Crippen LogP contribution in [-0.2, 0) is 0 Å². The van der Waals surface area contributed by atoms with Crippen LogP contribution in [0.2, 0.25) is 0 Å². The van der Waals surface area contributed by atoms with Crippen LogP contribution >= 0.6 is 43.2 Å². The maximum Gasteiger partial charge on any atom is 0.253 e. The van der Waals surface area contributed by atoms with E-state index in [1.54, 1.807) is 0 Å². The Bertz CT molecular complexity index is 402. The summed E-state index contributed by atoms with van der Waals surface area (Å²) in [5, 5.41) is 6.33. The van der Waals surface area contributed by atoms with Gasteiger partial charge in [0, 0.05) is 6.54 Å². The molecule has 2 heterocycles. The number of hydrogen-bond donors (Lipinski definition) is 2. The van der Waals surface area contributed by atoms with Crippen LogP contribution in [0.5, 0.6) is 0 Å². The zero-order valence-electron chi connectivity index (χ0n) is 9.26. The maximum atomic E-state index is 12.0. The summed E-state index contributed by atoms with van der Waals surface area (Å²) >= 11 is 8.30. The maximum absolute atomic E-state index is 12.0. The van der Waals surface area contributed by atoms with Crippen LogP contribution in [0.1, 0.15) is 23.2 Å². The molecule has 1 aliphatic rings. The third kappa shape index (κ3) is 3.77. The van der Waals surface area contributed by atoms with Gasteiger partial charge in [-0.05, 0) is 69.8 Å². The van der Waals surface area contributed by atoms with Gasteiger partial charge in [0.15, 0.2) is 0 Å². The molecule has 1 saturated heterocycles. The van der Waals surface area contributed by atoms with Crippen LogP contribution in [0.3, 0.4) is 0 Å². The van der Waals surface area contributed by atoms with Crippen molar-refractivity contribution in [2.24, 2.45) is 5.92 Å². The average molecular weight is 382 g/mol. The number of carbonyl (C=O) groups excluding carboxylic acids is 1. The molecule has 1 amide bonds. The zero-order chi connectivity index (χ0) is 12.3. The predicted molar refractivity (Wildman–Crippen MR) is 77.6 cm³/mol. The van der Waals surface area contributed by atoms with Crippen LogP contribution in [0, 0.1) is 5.92 Å². The number of halogens is 2. The van der Waals surface area contributed by atoms with Crippen molar-refractivity contribution in [3.05, 3.63) is 19.2 Å². The van der Waals surface area contributed by atoms with Crippen molar-refractivity contribution in [3.63, 3.8) is 0 Å². The largest absolute Gasteiger partial charge is 0.352 e. The number of nitrogens with one attached hydrogen (secondary N) is 2. The van der Waals surface area contributed by atoms with Crippen LogP contribution in [0.25, 0.3) is 0 Å². The number of piperidine rings is 1. The highest BCUT2D eigenvalue weighted by Gasteiger charge is 2.17. The minimum absolute atomic E-state index is 0.0114. The van der Waals surface area contributed by atoms with Crippen molar-refractivity contribution in [2.45, 2.75) is 12.8 Å². The van der Waals surface area contributed by atoms with Gasteiger partial charge < -0.3 is 10.6 Å².